The van der Waals surface area contributed by atoms with Crippen molar-refractivity contribution in [1.82, 2.24) is 5.32 Å². The lowest BCUT2D eigenvalue weighted by atomic mass is 10.2. The van der Waals surface area contributed by atoms with Crippen molar-refractivity contribution in [3.63, 3.8) is 0 Å². The second-order valence-corrected chi connectivity index (χ2v) is 4.84. The number of aryl methyl sites for hydroxylation is 1. The van der Waals surface area contributed by atoms with Gasteiger partial charge in [0.05, 0.1) is 0 Å². The summed E-state index contributed by atoms with van der Waals surface area (Å²) in [5.74, 6) is 1.02. The maximum Gasteiger partial charge on any atom is 0.130 e. The molecular weight excluding hydrogens is 253 g/mol. The molecule has 0 atom stereocenters. The van der Waals surface area contributed by atoms with Gasteiger partial charge in [-0.15, -0.1) is 0 Å². The van der Waals surface area contributed by atoms with E-state index in [1.165, 1.54) is 12.1 Å². The summed E-state index contributed by atoms with van der Waals surface area (Å²) in [5, 5.41) is 3.26. The standard InChI is InChI=1S/C17H20FNO/c1-3-8-19-12-14-9-15(18)11-16(10-14)20-17-7-5-4-6-13(17)2/h4-7,9-11,19H,3,8,12H2,1-2H3. The normalized spacial score (nSPS) is 10.6. The van der Waals surface area contributed by atoms with Gasteiger partial charge in [-0.25, -0.2) is 4.39 Å². The topological polar surface area (TPSA) is 21.3 Å². The van der Waals surface area contributed by atoms with Crippen LogP contribution in [0, 0.1) is 12.7 Å². The lowest BCUT2D eigenvalue weighted by Crippen LogP contribution is -2.13. The van der Waals surface area contributed by atoms with Crippen LogP contribution in [0.3, 0.4) is 0 Å². The van der Waals surface area contributed by atoms with Crippen LogP contribution in [0.2, 0.25) is 0 Å². The second kappa shape index (κ2) is 7.06. The summed E-state index contributed by atoms with van der Waals surface area (Å²) in [6, 6.07) is 12.5. The first kappa shape index (κ1) is 14.5. The van der Waals surface area contributed by atoms with E-state index in [0.29, 0.717) is 12.3 Å². The summed E-state index contributed by atoms with van der Waals surface area (Å²) in [6.45, 7) is 5.64. The van der Waals surface area contributed by atoms with Gasteiger partial charge in [0.1, 0.15) is 17.3 Å². The van der Waals surface area contributed by atoms with Crippen molar-refractivity contribution in [3.05, 3.63) is 59.4 Å². The molecule has 0 saturated heterocycles. The molecule has 20 heavy (non-hydrogen) atoms. The average molecular weight is 273 g/mol. The molecule has 2 nitrogen and oxygen atoms in total. The van der Waals surface area contributed by atoms with Gasteiger partial charge in [0.15, 0.2) is 0 Å². The highest BCUT2D eigenvalue weighted by Gasteiger charge is 2.05. The molecule has 0 fully saturated rings. The quantitative estimate of drug-likeness (QED) is 0.786. The average Bonchev–Trinajstić information content (AvgIpc) is 2.41. The number of rotatable bonds is 6. The number of hydrogen-bond acceptors (Lipinski definition) is 2. The fourth-order valence-corrected chi connectivity index (χ4v) is 1.99. The largest absolute Gasteiger partial charge is 0.457 e. The Morgan fingerprint density at radius 2 is 1.95 bits per heavy atom. The summed E-state index contributed by atoms with van der Waals surface area (Å²) in [7, 11) is 0. The molecule has 2 rings (SSSR count). The zero-order valence-corrected chi connectivity index (χ0v) is 11.9. The van der Waals surface area contributed by atoms with Crippen molar-refractivity contribution in [1.29, 1.82) is 0 Å². The van der Waals surface area contributed by atoms with Crippen LogP contribution in [0.4, 0.5) is 4.39 Å². The van der Waals surface area contributed by atoms with Crippen LogP contribution >= 0.6 is 0 Å². The molecule has 0 heterocycles. The van der Waals surface area contributed by atoms with E-state index in [2.05, 4.69) is 12.2 Å². The molecule has 0 aliphatic heterocycles. The van der Waals surface area contributed by atoms with Crippen molar-refractivity contribution in [3.8, 4) is 11.5 Å². The minimum absolute atomic E-state index is 0.274. The number of ether oxygens (including phenoxy) is 1. The summed E-state index contributed by atoms with van der Waals surface area (Å²) >= 11 is 0. The van der Waals surface area contributed by atoms with Gasteiger partial charge >= 0.3 is 0 Å². The zero-order valence-electron chi connectivity index (χ0n) is 11.9. The van der Waals surface area contributed by atoms with Crippen molar-refractivity contribution in [2.24, 2.45) is 0 Å². The summed E-state index contributed by atoms with van der Waals surface area (Å²) in [5.41, 5.74) is 1.92. The Hall–Kier alpha value is -1.87. The van der Waals surface area contributed by atoms with Crippen molar-refractivity contribution >= 4 is 0 Å². The molecule has 106 valence electrons. The highest BCUT2D eigenvalue weighted by Crippen LogP contribution is 2.26. The van der Waals surface area contributed by atoms with Crippen LogP contribution in [0.1, 0.15) is 24.5 Å². The van der Waals surface area contributed by atoms with Crippen molar-refractivity contribution in [2.75, 3.05) is 6.54 Å². The molecule has 0 bridgehead atoms. The number of halogens is 1. The minimum Gasteiger partial charge on any atom is -0.457 e. The molecule has 0 saturated carbocycles. The molecule has 2 aromatic carbocycles. The first-order chi connectivity index (χ1) is 9.69. The molecular formula is C17H20FNO. The molecule has 0 radical (unpaired) electrons. The molecule has 0 aromatic heterocycles. The summed E-state index contributed by atoms with van der Waals surface area (Å²) in [6.07, 6.45) is 1.06. The van der Waals surface area contributed by atoms with Gasteiger partial charge in [-0.05, 0) is 49.2 Å². The maximum atomic E-state index is 13.6. The maximum absolute atomic E-state index is 13.6. The second-order valence-electron chi connectivity index (χ2n) is 4.84. The predicted molar refractivity (Wildman–Crippen MR) is 79.7 cm³/mol. The van der Waals surface area contributed by atoms with Crippen LogP contribution in [0.25, 0.3) is 0 Å². The Bertz CT molecular complexity index is 569. The van der Waals surface area contributed by atoms with Gasteiger partial charge < -0.3 is 10.1 Å². The molecule has 1 N–H and O–H groups in total. The van der Waals surface area contributed by atoms with Crippen LogP contribution in [-0.2, 0) is 6.54 Å². The smallest absolute Gasteiger partial charge is 0.130 e. The van der Waals surface area contributed by atoms with Gasteiger partial charge in [-0.3, -0.25) is 0 Å². The van der Waals surface area contributed by atoms with E-state index < -0.39 is 0 Å². The third-order valence-corrected chi connectivity index (χ3v) is 3.01. The van der Waals surface area contributed by atoms with Crippen LogP contribution in [-0.4, -0.2) is 6.54 Å². The highest BCUT2D eigenvalue weighted by molar-refractivity contribution is 5.38. The van der Waals surface area contributed by atoms with Crippen LogP contribution in [0.15, 0.2) is 42.5 Å². The van der Waals surface area contributed by atoms with E-state index >= 15 is 0 Å². The molecule has 0 aliphatic carbocycles. The number of hydrogen-bond donors (Lipinski definition) is 1. The van der Waals surface area contributed by atoms with Gasteiger partial charge in [-0.1, -0.05) is 25.1 Å². The third kappa shape index (κ3) is 4.07. The van der Waals surface area contributed by atoms with Crippen LogP contribution < -0.4 is 10.1 Å². The molecule has 0 unspecified atom stereocenters. The van der Waals surface area contributed by atoms with Gasteiger partial charge in [0.2, 0.25) is 0 Å². The Labute approximate surface area is 119 Å². The number of benzene rings is 2. The van der Waals surface area contributed by atoms with E-state index in [0.717, 1.165) is 29.8 Å². The molecule has 2 aromatic rings. The van der Waals surface area contributed by atoms with Crippen molar-refractivity contribution < 1.29 is 9.13 Å². The van der Waals surface area contributed by atoms with E-state index in [1.54, 1.807) is 0 Å². The van der Waals surface area contributed by atoms with E-state index in [1.807, 2.05) is 37.3 Å². The highest BCUT2D eigenvalue weighted by atomic mass is 19.1. The Kier molecular flexibility index (Phi) is 5.13. The van der Waals surface area contributed by atoms with E-state index in [4.69, 9.17) is 4.74 Å². The van der Waals surface area contributed by atoms with Crippen molar-refractivity contribution in [2.45, 2.75) is 26.8 Å². The number of para-hydroxylation sites is 1. The Balaban J connectivity index is 2.13. The molecule has 0 amide bonds. The monoisotopic (exact) mass is 273 g/mol. The lowest BCUT2D eigenvalue weighted by molar-refractivity contribution is 0.471. The van der Waals surface area contributed by atoms with E-state index in [-0.39, 0.29) is 5.82 Å². The number of nitrogens with one attached hydrogen (secondary N) is 1. The van der Waals surface area contributed by atoms with Crippen LogP contribution in [0.5, 0.6) is 11.5 Å². The summed E-state index contributed by atoms with van der Waals surface area (Å²) in [4.78, 5) is 0. The molecule has 3 heteroatoms. The van der Waals surface area contributed by atoms with Gasteiger partial charge in [0, 0.05) is 12.6 Å². The Morgan fingerprint density at radius 1 is 1.15 bits per heavy atom. The Morgan fingerprint density at radius 3 is 2.70 bits per heavy atom. The zero-order chi connectivity index (χ0) is 14.4. The SMILES string of the molecule is CCCNCc1cc(F)cc(Oc2ccccc2C)c1. The fraction of sp³-hybridized carbons (Fsp3) is 0.294. The predicted octanol–water partition coefficient (Wildman–Crippen LogP) is 4.43. The van der Waals surface area contributed by atoms with Gasteiger partial charge in [-0.2, -0.15) is 0 Å². The van der Waals surface area contributed by atoms with E-state index in [9.17, 15) is 4.39 Å². The first-order valence-corrected chi connectivity index (χ1v) is 6.92. The minimum atomic E-state index is -0.274. The first-order valence-electron chi connectivity index (χ1n) is 6.92. The lowest BCUT2D eigenvalue weighted by Gasteiger charge is -2.10. The summed E-state index contributed by atoms with van der Waals surface area (Å²) < 4.78 is 19.4. The third-order valence-electron chi connectivity index (χ3n) is 3.01. The van der Waals surface area contributed by atoms with Gasteiger partial charge in [0.25, 0.3) is 0 Å². The molecule has 0 spiro atoms. The molecule has 0 aliphatic rings. The fourth-order valence-electron chi connectivity index (χ4n) is 1.99.